The Hall–Kier alpha value is -2.67. The van der Waals surface area contributed by atoms with E-state index < -0.39 is 0 Å². The summed E-state index contributed by atoms with van der Waals surface area (Å²) in [5.74, 6) is -0.00113. The van der Waals surface area contributed by atoms with Gasteiger partial charge >= 0.3 is 0 Å². The second-order valence-corrected chi connectivity index (χ2v) is 9.80. The van der Waals surface area contributed by atoms with Crippen LogP contribution in [-0.2, 0) is 0 Å². The lowest BCUT2D eigenvalue weighted by Gasteiger charge is -2.36. The molecule has 2 fully saturated rings. The Morgan fingerprint density at radius 2 is 1.74 bits per heavy atom. The zero-order valence-corrected chi connectivity index (χ0v) is 18.7. The maximum atomic E-state index is 13.4. The third kappa shape index (κ3) is 3.76. The third-order valence-corrected chi connectivity index (χ3v) is 7.75. The summed E-state index contributed by atoms with van der Waals surface area (Å²) in [5, 5.41) is 0. The number of thiophene rings is 1. The molecule has 0 unspecified atom stereocenters. The predicted molar refractivity (Wildman–Crippen MR) is 125 cm³/mol. The number of carbonyl (C=O) groups excluding carboxylic acids is 1. The molecule has 31 heavy (non-hydrogen) atoms. The topological polar surface area (TPSA) is 58.4 Å². The first kappa shape index (κ1) is 20.2. The fraction of sp³-hybridized carbons (Fsp3) is 0.458. The van der Waals surface area contributed by atoms with Crippen LogP contribution in [0.5, 0.6) is 0 Å². The number of piperazine rings is 1. The number of hydrogen-bond donors (Lipinski definition) is 0. The van der Waals surface area contributed by atoms with Gasteiger partial charge < -0.3 is 9.80 Å². The van der Waals surface area contributed by atoms with Crippen molar-refractivity contribution in [3.05, 3.63) is 57.5 Å². The number of aryl methyl sites for hydroxylation is 1. The number of carbonyl (C=O) groups is 1. The first-order valence-corrected chi connectivity index (χ1v) is 12.0. The molecule has 3 aromatic rings. The molecule has 2 aliphatic rings. The summed E-state index contributed by atoms with van der Waals surface area (Å²) in [6.45, 7) is 4.88. The molecular weight excluding hydrogens is 408 g/mol. The minimum Gasteiger partial charge on any atom is -0.368 e. The van der Waals surface area contributed by atoms with Crippen molar-refractivity contribution in [1.82, 2.24) is 14.5 Å². The number of hydrogen-bond acceptors (Lipinski definition) is 5. The minimum atomic E-state index is -0.00113. The smallest absolute Gasteiger partial charge is 0.271 e. The molecule has 0 radical (unpaired) electrons. The molecule has 2 aromatic heterocycles. The van der Waals surface area contributed by atoms with E-state index in [4.69, 9.17) is 0 Å². The third-order valence-electron chi connectivity index (χ3n) is 6.67. The summed E-state index contributed by atoms with van der Waals surface area (Å²) in [6.07, 6.45) is 7.32. The van der Waals surface area contributed by atoms with Crippen LogP contribution in [0.25, 0.3) is 10.2 Å². The number of aromatic nitrogens is 2. The minimum absolute atomic E-state index is 0.00113. The highest BCUT2D eigenvalue weighted by atomic mass is 32.1. The van der Waals surface area contributed by atoms with E-state index in [0.717, 1.165) is 43.6 Å². The Morgan fingerprint density at radius 1 is 1.03 bits per heavy atom. The average molecular weight is 437 g/mol. The molecule has 3 heterocycles. The quantitative estimate of drug-likeness (QED) is 0.616. The van der Waals surface area contributed by atoms with E-state index >= 15 is 0 Å². The van der Waals surface area contributed by atoms with Crippen molar-refractivity contribution in [2.24, 2.45) is 0 Å². The van der Waals surface area contributed by atoms with Crippen LogP contribution in [0.15, 0.2) is 41.5 Å². The Kier molecular flexibility index (Phi) is 5.52. The van der Waals surface area contributed by atoms with Crippen molar-refractivity contribution in [2.75, 3.05) is 31.1 Å². The Morgan fingerprint density at radius 3 is 2.45 bits per heavy atom. The summed E-state index contributed by atoms with van der Waals surface area (Å²) in [4.78, 5) is 36.3. The highest BCUT2D eigenvalue weighted by molar-refractivity contribution is 7.19. The summed E-state index contributed by atoms with van der Waals surface area (Å²) in [5.41, 5.74) is 2.39. The maximum Gasteiger partial charge on any atom is 0.271 e. The van der Waals surface area contributed by atoms with Gasteiger partial charge in [-0.05, 0) is 31.9 Å². The molecule has 1 amide bonds. The number of nitrogens with zero attached hydrogens (tertiary/aromatic N) is 4. The van der Waals surface area contributed by atoms with Gasteiger partial charge in [-0.2, -0.15) is 0 Å². The zero-order valence-electron chi connectivity index (χ0n) is 17.9. The summed E-state index contributed by atoms with van der Waals surface area (Å²) >= 11 is 1.42. The standard InChI is InChI=1S/C24H28N4O2S/c1-17-20(23(29)27-14-12-26(13-15-27)18-8-4-2-5-9-18)21-22(31-17)24(30)28(16-25-21)19-10-6-3-7-11-19/h2,4-5,8-9,16,19H,3,6-7,10-15H2,1H3. The van der Waals surface area contributed by atoms with Gasteiger partial charge in [-0.15, -0.1) is 11.3 Å². The van der Waals surface area contributed by atoms with Crippen LogP contribution in [0, 0.1) is 6.92 Å². The SMILES string of the molecule is Cc1sc2c(=O)n(C3CCCCC3)cnc2c1C(=O)N1CCN(c2ccccc2)CC1. The molecule has 7 heteroatoms. The van der Waals surface area contributed by atoms with E-state index in [1.54, 1.807) is 6.33 Å². The molecule has 0 atom stereocenters. The Balaban J connectivity index is 1.39. The van der Waals surface area contributed by atoms with Crippen LogP contribution < -0.4 is 10.5 Å². The van der Waals surface area contributed by atoms with Gasteiger partial charge in [0.1, 0.15) is 10.2 Å². The Labute approximate surface area is 186 Å². The lowest BCUT2D eigenvalue weighted by atomic mass is 9.95. The van der Waals surface area contributed by atoms with Crippen LogP contribution in [0.3, 0.4) is 0 Å². The summed E-state index contributed by atoms with van der Waals surface area (Å²) in [7, 11) is 0. The molecule has 1 aliphatic carbocycles. The van der Waals surface area contributed by atoms with Crippen molar-refractivity contribution in [2.45, 2.75) is 45.1 Å². The van der Waals surface area contributed by atoms with E-state index in [0.29, 0.717) is 28.9 Å². The molecule has 0 N–H and O–H groups in total. The van der Waals surface area contributed by atoms with Gasteiger partial charge in [0.05, 0.1) is 11.9 Å². The van der Waals surface area contributed by atoms with Crippen molar-refractivity contribution >= 4 is 33.1 Å². The molecule has 162 valence electrons. The van der Waals surface area contributed by atoms with Gasteiger partial charge in [-0.1, -0.05) is 37.5 Å². The first-order valence-electron chi connectivity index (χ1n) is 11.2. The van der Waals surface area contributed by atoms with E-state index in [-0.39, 0.29) is 17.5 Å². The lowest BCUT2D eigenvalue weighted by molar-refractivity contribution is 0.0748. The largest absolute Gasteiger partial charge is 0.368 e. The normalized spacial score (nSPS) is 18.0. The molecule has 0 spiro atoms. The number of rotatable bonds is 3. The molecule has 0 bridgehead atoms. The molecule has 5 rings (SSSR count). The molecule has 1 aliphatic heterocycles. The number of fused-ring (bicyclic) bond motifs is 1. The average Bonchev–Trinajstić information content (AvgIpc) is 3.17. The molecule has 1 aromatic carbocycles. The number of para-hydroxylation sites is 1. The second kappa shape index (κ2) is 8.46. The van der Waals surface area contributed by atoms with E-state index in [9.17, 15) is 9.59 Å². The fourth-order valence-corrected chi connectivity index (χ4v) is 5.96. The predicted octanol–water partition coefficient (Wildman–Crippen LogP) is 4.23. The number of benzene rings is 1. The first-order chi connectivity index (χ1) is 15.1. The van der Waals surface area contributed by atoms with Crippen LogP contribution >= 0.6 is 11.3 Å². The van der Waals surface area contributed by atoms with Crippen LogP contribution in [0.1, 0.15) is 53.4 Å². The monoisotopic (exact) mass is 436 g/mol. The van der Waals surface area contributed by atoms with Crippen LogP contribution in [0.2, 0.25) is 0 Å². The highest BCUT2D eigenvalue weighted by Gasteiger charge is 2.28. The van der Waals surface area contributed by atoms with Gasteiger partial charge in [-0.25, -0.2) is 4.98 Å². The lowest BCUT2D eigenvalue weighted by Crippen LogP contribution is -2.48. The fourth-order valence-electron chi connectivity index (χ4n) is 4.93. The second-order valence-electron chi connectivity index (χ2n) is 8.57. The summed E-state index contributed by atoms with van der Waals surface area (Å²) in [6, 6.07) is 10.6. The maximum absolute atomic E-state index is 13.4. The van der Waals surface area contributed by atoms with Crippen molar-refractivity contribution in [3.8, 4) is 0 Å². The molecule has 6 nitrogen and oxygen atoms in total. The molecule has 1 saturated carbocycles. The zero-order chi connectivity index (χ0) is 21.4. The molecular formula is C24H28N4O2S. The Bertz CT molecular complexity index is 1140. The van der Waals surface area contributed by atoms with E-state index in [1.165, 1.54) is 23.4 Å². The van der Waals surface area contributed by atoms with Gasteiger partial charge in [0, 0.05) is 42.8 Å². The molecule has 1 saturated heterocycles. The van der Waals surface area contributed by atoms with Crippen molar-refractivity contribution < 1.29 is 4.79 Å². The number of anilines is 1. The summed E-state index contributed by atoms with van der Waals surface area (Å²) < 4.78 is 2.43. The van der Waals surface area contributed by atoms with Gasteiger partial charge in [0.25, 0.3) is 11.5 Å². The van der Waals surface area contributed by atoms with E-state index in [2.05, 4.69) is 22.0 Å². The van der Waals surface area contributed by atoms with Gasteiger partial charge in [0.2, 0.25) is 0 Å². The van der Waals surface area contributed by atoms with Gasteiger partial charge in [-0.3, -0.25) is 14.2 Å². The van der Waals surface area contributed by atoms with Crippen molar-refractivity contribution in [3.63, 3.8) is 0 Å². The van der Waals surface area contributed by atoms with Gasteiger partial charge in [0.15, 0.2) is 0 Å². The highest BCUT2D eigenvalue weighted by Crippen LogP contribution is 2.31. The number of amides is 1. The van der Waals surface area contributed by atoms with Crippen LogP contribution in [0.4, 0.5) is 5.69 Å². The van der Waals surface area contributed by atoms with E-state index in [1.807, 2.05) is 34.6 Å². The van der Waals surface area contributed by atoms with Crippen LogP contribution in [-0.4, -0.2) is 46.5 Å². The van der Waals surface area contributed by atoms with Crippen molar-refractivity contribution in [1.29, 1.82) is 0 Å².